The molecule has 3 N–H and O–H groups in total. The van der Waals surface area contributed by atoms with Gasteiger partial charge in [0, 0.05) is 13.0 Å². The van der Waals surface area contributed by atoms with Gasteiger partial charge in [-0.3, -0.25) is 0 Å². The molecule has 21 heavy (non-hydrogen) atoms. The number of likely N-dealkylation sites (tertiary alicyclic amines) is 1. The van der Waals surface area contributed by atoms with Gasteiger partial charge in [-0.1, -0.05) is 37.3 Å². The van der Waals surface area contributed by atoms with Crippen LogP contribution >= 0.6 is 0 Å². The van der Waals surface area contributed by atoms with Gasteiger partial charge < -0.3 is 20.4 Å². The third-order valence-electron chi connectivity index (χ3n) is 3.73. The minimum absolute atomic E-state index is 0.0496. The van der Waals surface area contributed by atoms with Crippen LogP contribution in [0.25, 0.3) is 0 Å². The molecule has 1 fully saturated rings. The SMILES string of the molecule is CCC(NC(=O)N1CC(O)CC1C(=O)O)c1ccccc1. The summed E-state index contributed by atoms with van der Waals surface area (Å²) in [6.07, 6.45) is -0.0111. The van der Waals surface area contributed by atoms with Crippen molar-refractivity contribution in [3.8, 4) is 0 Å². The molecule has 1 aliphatic heterocycles. The van der Waals surface area contributed by atoms with E-state index < -0.39 is 24.1 Å². The lowest BCUT2D eigenvalue weighted by atomic mass is 10.1. The Hall–Kier alpha value is -2.08. The average Bonchev–Trinajstić information content (AvgIpc) is 2.88. The van der Waals surface area contributed by atoms with Crippen molar-refractivity contribution in [2.24, 2.45) is 0 Å². The largest absolute Gasteiger partial charge is 0.480 e. The van der Waals surface area contributed by atoms with Crippen LogP contribution in [0.2, 0.25) is 0 Å². The minimum atomic E-state index is -1.09. The van der Waals surface area contributed by atoms with E-state index in [0.717, 1.165) is 5.56 Å². The van der Waals surface area contributed by atoms with E-state index in [4.69, 9.17) is 5.11 Å². The van der Waals surface area contributed by atoms with E-state index in [9.17, 15) is 14.7 Å². The first-order valence-corrected chi connectivity index (χ1v) is 7.05. The summed E-state index contributed by atoms with van der Waals surface area (Å²) < 4.78 is 0. The number of aliphatic hydroxyl groups excluding tert-OH is 1. The summed E-state index contributed by atoms with van der Waals surface area (Å²) in [5, 5.41) is 21.6. The van der Waals surface area contributed by atoms with Gasteiger partial charge >= 0.3 is 12.0 Å². The third-order valence-corrected chi connectivity index (χ3v) is 3.73. The first-order valence-electron chi connectivity index (χ1n) is 7.05. The van der Waals surface area contributed by atoms with Crippen LogP contribution in [0.3, 0.4) is 0 Å². The fourth-order valence-corrected chi connectivity index (χ4v) is 2.61. The lowest BCUT2D eigenvalue weighted by Crippen LogP contribution is -2.47. The van der Waals surface area contributed by atoms with Crippen molar-refractivity contribution in [1.82, 2.24) is 10.2 Å². The first-order chi connectivity index (χ1) is 10.0. The van der Waals surface area contributed by atoms with Crippen molar-refractivity contribution in [2.45, 2.75) is 38.0 Å². The van der Waals surface area contributed by atoms with E-state index in [1.165, 1.54) is 4.90 Å². The van der Waals surface area contributed by atoms with Crippen molar-refractivity contribution in [3.05, 3.63) is 35.9 Å². The van der Waals surface area contributed by atoms with Gasteiger partial charge in [-0.25, -0.2) is 9.59 Å². The zero-order chi connectivity index (χ0) is 15.4. The lowest BCUT2D eigenvalue weighted by molar-refractivity contribution is -0.141. The Bertz CT molecular complexity index is 506. The lowest BCUT2D eigenvalue weighted by Gasteiger charge is -2.25. The van der Waals surface area contributed by atoms with Gasteiger partial charge in [0.25, 0.3) is 0 Å². The summed E-state index contributed by atoms with van der Waals surface area (Å²) in [5.74, 6) is -1.09. The Kier molecular flexibility index (Phi) is 4.80. The van der Waals surface area contributed by atoms with Crippen LogP contribution in [-0.4, -0.2) is 45.8 Å². The van der Waals surface area contributed by atoms with Gasteiger partial charge in [0.05, 0.1) is 12.1 Å². The summed E-state index contributed by atoms with van der Waals surface area (Å²) >= 11 is 0. The van der Waals surface area contributed by atoms with E-state index in [2.05, 4.69) is 5.32 Å². The molecule has 0 spiro atoms. The van der Waals surface area contributed by atoms with Crippen LogP contribution in [0, 0.1) is 0 Å². The number of urea groups is 1. The molecule has 6 heteroatoms. The fourth-order valence-electron chi connectivity index (χ4n) is 2.61. The molecule has 0 bridgehead atoms. The van der Waals surface area contributed by atoms with Crippen LogP contribution in [0.15, 0.2) is 30.3 Å². The molecule has 1 saturated heterocycles. The number of aliphatic hydroxyl groups is 1. The van der Waals surface area contributed by atoms with Crippen molar-refractivity contribution in [1.29, 1.82) is 0 Å². The summed E-state index contributed by atoms with van der Waals surface area (Å²) in [6, 6.07) is 7.93. The number of nitrogens with zero attached hydrogens (tertiary/aromatic N) is 1. The number of rotatable bonds is 4. The van der Waals surface area contributed by atoms with Crippen LogP contribution in [-0.2, 0) is 4.79 Å². The third kappa shape index (κ3) is 3.52. The molecule has 1 aromatic carbocycles. The summed E-state index contributed by atoms with van der Waals surface area (Å²) in [5.41, 5.74) is 0.972. The normalized spacial score (nSPS) is 22.9. The smallest absolute Gasteiger partial charge is 0.326 e. The van der Waals surface area contributed by atoms with Crippen molar-refractivity contribution >= 4 is 12.0 Å². The highest BCUT2D eigenvalue weighted by Crippen LogP contribution is 2.21. The number of carboxylic acids is 1. The quantitative estimate of drug-likeness (QED) is 0.781. The van der Waals surface area contributed by atoms with Gasteiger partial charge in [0.15, 0.2) is 0 Å². The van der Waals surface area contributed by atoms with E-state index in [0.29, 0.717) is 6.42 Å². The maximum absolute atomic E-state index is 12.3. The molecule has 0 radical (unpaired) electrons. The molecule has 114 valence electrons. The van der Waals surface area contributed by atoms with Gasteiger partial charge in [0.2, 0.25) is 0 Å². The summed E-state index contributed by atoms with van der Waals surface area (Å²) in [6.45, 7) is 2.00. The molecule has 2 amide bonds. The molecule has 0 aliphatic carbocycles. The maximum atomic E-state index is 12.3. The number of carboxylic acid groups (broad SMARTS) is 1. The number of aliphatic carboxylic acids is 1. The molecule has 2 rings (SSSR count). The van der Waals surface area contributed by atoms with Crippen LogP contribution in [0.5, 0.6) is 0 Å². The average molecular weight is 292 g/mol. The molecule has 3 unspecified atom stereocenters. The van der Waals surface area contributed by atoms with Crippen LogP contribution < -0.4 is 5.32 Å². The second-order valence-corrected chi connectivity index (χ2v) is 5.22. The first kappa shape index (κ1) is 15.3. The predicted octanol–water partition coefficient (Wildman–Crippen LogP) is 1.37. The molecule has 0 aromatic heterocycles. The highest BCUT2D eigenvalue weighted by Gasteiger charge is 2.39. The van der Waals surface area contributed by atoms with Crippen LogP contribution in [0.4, 0.5) is 4.79 Å². The van der Waals surface area contributed by atoms with Gasteiger partial charge in [-0.2, -0.15) is 0 Å². The van der Waals surface area contributed by atoms with Gasteiger partial charge in [0.1, 0.15) is 6.04 Å². The molecule has 1 heterocycles. The monoisotopic (exact) mass is 292 g/mol. The zero-order valence-corrected chi connectivity index (χ0v) is 11.9. The van der Waals surface area contributed by atoms with E-state index >= 15 is 0 Å². The summed E-state index contributed by atoms with van der Waals surface area (Å²) in [7, 11) is 0. The van der Waals surface area contributed by atoms with E-state index in [-0.39, 0.29) is 19.0 Å². The van der Waals surface area contributed by atoms with Crippen molar-refractivity contribution in [3.63, 3.8) is 0 Å². The topological polar surface area (TPSA) is 89.9 Å². The Morgan fingerprint density at radius 2 is 2.05 bits per heavy atom. The highest BCUT2D eigenvalue weighted by molar-refractivity contribution is 5.83. The number of hydrogen-bond acceptors (Lipinski definition) is 3. The van der Waals surface area contributed by atoms with Gasteiger partial charge in [-0.15, -0.1) is 0 Å². The Morgan fingerprint density at radius 1 is 1.38 bits per heavy atom. The minimum Gasteiger partial charge on any atom is -0.480 e. The number of carbonyl (C=O) groups excluding carboxylic acids is 1. The maximum Gasteiger partial charge on any atom is 0.326 e. The van der Waals surface area contributed by atoms with E-state index in [1.807, 2.05) is 37.3 Å². The Labute approximate surface area is 123 Å². The number of carbonyl (C=O) groups is 2. The van der Waals surface area contributed by atoms with Crippen molar-refractivity contribution < 1.29 is 19.8 Å². The molecule has 0 saturated carbocycles. The fraction of sp³-hybridized carbons (Fsp3) is 0.467. The number of amides is 2. The molecule has 1 aromatic rings. The predicted molar refractivity (Wildman–Crippen MR) is 76.8 cm³/mol. The second kappa shape index (κ2) is 6.58. The highest BCUT2D eigenvalue weighted by atomic mass is 16.4. The van der Waals surface area contributed by atoms with Crippen molar-refractivity contribution in [2.75, 3.05) is 6.54 Å². The molecule has 1 aliphatic rings. The Balaban J connectivity index is 2.07. The number of nitrogens with one attached hydrogen (secondary N) is 1. The van der Waals surface area contributed by atoms with Gasteiger partial charge in [-0.05, 0) is 12.0 Å². The summed E-state index contributed by atoms with van der Waals surface area (Å²) in [4.78, 5) is 24.6. The molecular formula is C15H20N2O4. The standard InChI is InChI=1S/C15H20N2O4/c1-2-12(10-6-4-3-5-7-10)16-15(21)17-9-11(18)8-13(17)14(19)20/h3-7,11-13,18H,2,8-9H2,1H3,(H,16,21)(H,19,20). The van der Waals surface area contributed by atoms with Crippen LogP contribution in [0.1, 0.15) is 31.4 Å². The Morgan fingerprint density at radius 3 is 2.62 bits per heavy atom. The zero-order valence-electron chi connectivity index (χ0n) is 11.9. The number of hydrogen-bond donors (Lipinski definition) is 3. The molecule has 6 nitrogen and oxygen atoms in total. The number of benzene rings is 1. The number of β-amino-alcohol motifs (C(OH)–C–C–N with tert-alkyl or cyclic N) is 1. The second-order valence-electron chi connectivity index (χ2n) is 5.22. The van der Waals surface area contributed by atoms with E-state index in [1.54, 1.807) is 0 Å². The molecular weight excluding hydrogens is 272 g/mol. The molecule has 3 atom stereocenters.